The van der Waals surface area contributed by atoms with E-state index in [4.69, 9.17) is 35.7 Å². The number of amidine groups is 1. The molecule has 0 radical (unpaired) electrons. The molecule has 2 heterocycles. The van der Waals surface area contributed by atoms with E-state index in [0.717, 1.165) is 5.69 Å². The highest BCUT2D eigenvalue weighted by atomic mass is 19.4. The fourth-order valence-electron chi connectivity index (χ4n) is 3.62. The van der Waals surface area contributed by atoms with E-state index in [1.165, 1.54) is 18.2 Å². The molecule has 0 aliphatic carbocycles. The van der Waals surface area contributed by atoms with Crippen LogP contribution in [0.2, 0.25) is 0 Å². The van der Waals surface area contributed by atoms with Gasteiger partial charge < -0.3 is 41.1 Å². The van der Waals surface area contributed by atoms with Crippen molar-refractivity contribution in [3.05, 3.63) is 48.3 Å². The molecule has 3 rings (SSSR count). The number of pyridine rings is 1. The van der Waals surface area contributed by atoms with Crippen molar-refractivity contribution in [3.63, 3.8) is 0 Å². The molecule has 46 heavy (non-hydrogen) atoms. The molecule has 254 valence electrons. The Balaban J connectivity index is 0.000000629. The zero-order valence-corrected chi connectivity index (χ0v) is 23.5. The van der Waals surface area contributed by atoms with Gasteiger partial charge in [0.05, 0.1) is 12.5 Å². The number of phenolic OH excluding ortho intramolecular Hbond substituents is 1. The summed E-state index contributed by atoms with van der Waals surface area (Å²) in [6.07, 6.45) is -5.73. The van der Waals surface area contributed by atoms with Crippen LogP contribution in [0.4, 0.5) is 32.0 Å². The second-order valence-electron chi connectivity index (χ2n) is 9.28. The molecule has 1 aromatic carbocycles. The van der Waals surface area contributed by atoms with Gasteiger partial charge in [-0.25, -0.2) is 9.59 Å². The number of alkyl halides is 6. The number of rotatable bonds is 9. The highest BCUT2D eigenvalue weighted by Crippen LogP contribution is 2.27. The number of hydrogen-bond donors (Lipinski definition) is 7. The third-order valence-corrected chi connectivity index (χ3v) is 5.86. The number of anilines is 1. The fraction of sp³-hybridized carbons (Fsp3) is 0.385. The average Bonchev–Trinajstić information content (AvgIpc) is 2.96. The Labute approximate surface area is 255 Å². The predicted octanol–water partition coefficient (Wildman–Crippen LogP) is 2.59. The van der Waals surface area contributed by atoms with Crippen molar-refractivity contribution in [1.82, 2.24) is 10.3 Å². The number of nitrogens with zero attached hydrogens (tertiary/aromatic N) is 2. The Bertz CT molecular complexity index is 1330. The topological polar surface area (TPSA) is 236 Å². The number of carbonyl (C=O) groups is 4. The maximum atomic E-state index is 12.8. The normalized spacial score (nSPS) is 13.9. The number of phenols is 1. The molecule has 1 aliphatic rings. The number of halogens is 6. The highest BCUT2D eigenvalue weighted by Gasteiger charge is 2.39. The number of amides is 1. The molecule has 1 aliphatic heterocycles. The molecular formula is C26H29F6N5O9. The summed E-state index contributed by atoms with van der Waals surface area (Å²) < 4.78 is 69.0. The lowest BCUT2D eigenvalue weighted by molar-refractivity contribution is -0.193. The number of hydrogen-bond acceptors (Lipinski definition) is 9. The third-order valence-electron chi connectivity index (χ3n) is 5.86. The number of benzene rings is 1. The largest absolute Gasteiger partial charge is 0.504 e. The number of piperidine rings is 1. The number of ether oxygens (including phenoxy) is 1. The second kappa shape index (κ2) is 17.3. The monoisotopic (exact) mass is 669 g/mol. The van der Waals surface area contributed by atoms with Gasteiger partial charge in [-0.15, -0.1) is 0 Å². The number of aromatic nitrogens is 1. The number of carboxylic acids is 3. The Morgan fingerprint density at radius 2 is 1.48 bits per heavy atom. The summed E-state index contributed by atoms with van der Waals surface area (Å²) in [5.41, 5.74) is 6.87. The van der Waals surface area contributed by atoms with Gasteiger partial charge in [0.1, 0.15) is 12.4 Å². The minimum absolute atomic E-state index is 0.0630. The summed E-state index contributed by atoms with van der Waals surface area (Å²) in [6.45, 7) is 1.28. The first kappa shape index (κ1) is 38.7. The summed E-state index contributed by atoms with van der Waals surface area (Å²) in [4.78, 5) is 48.0. The quantitative estimate of drug-likeness (QED) is 0.116. The lowest BCUT2D eigenvalue weighted by Crippen LogP contribution is -2.46. The number of aliphatic carboxylic acids is 3. The number of carboxylic acid groups (broad SMARTS) is 3. The van der Waals surface area contributed by atoms with E-state index in [9.17, 15) is 46.1 Å². The van der Waals surface area contributed by atoms with Crippen LogP contribution in [0.5, 0.6) is 11.5 Å². The molecule has 2 aromatic rings. The van der Waals surface area contributed by atoms with Crippen LogP contribution in [0.1, 0.15) is 24.8 Å². The van der Waals surface area contributed by atoms with E-state index >= 15 is 0 Å². The van der Waals surface area contributed by atoms with E-state index in [2.05, 4.69) is 15.2 Å². The Morgan fingerprint density at radius 1 is 0.978 bits per heavy atom. The van der Waals surface area contributed by atoms with Crippen molar-refractivity contribution in [2.24, 2.45) is 11.7 Å². The first-order valence-corrected chi connectivity index (χ1v) is 12.8. The molecule has 1 fully saturated rings. The summed E-state index contributed by atoms with van der Waals surface area (Å²) in [6, 6.07) is 7.28. The molecule has 1 amide bonds. The highest BCUT2D eigenvalue weighted by molar-refractivity contribution is 5.95. The van der Waals surface area contributed by atoms with Crippen LogP contribution in [0, 0.1) is 11.3 Å². The molecule has 20 heteroatoms. The number of nitrogens with two attached hydrogens (primary N) is 1. The smallest absolute Gasteiger partial charge is 0.490 e. The fourth-order valence-corrected chi connectivity index (χ4v) is 3.62. The molecule has 8 N–H and O–H groups in total. The van der Waals surface area contributed by atoms with Crippen molar-refractivity contribution in [2.45, 2.75) is 37.7 Å². The number of nitrogen functional groups attached to an aromatic ring is 1. The minimum atomic E-state index is -5.08. The number of nitrogens with one attached hydrogen (secondary N) is 2. The van der Waals surface area contributed by atoms with Crippen LogP contribution in [-0.2, 0) is 19.2 Å². The van der Waals surface area contributed by atoms with Gasteiger partial charge in [-0.2, -0.15) is 26.3 Å². The van der Waals surface area contributed by atoms with Crippen LogP contribution < -0.4 is 20.7 Å². The van der Waals surface area contributed by atoms with E-state index in [1.807, 2.05) is 12.1 Å². The zero-order valence-electron chi connectivity index (χ0n) is 23.5. The summed E-state index contributed by atoms with van der Waals surface area (Å²) >= 11 is 0. The van der Waals surface area contributed by atoms with Crippen LogP contribution >= 0.6 is 0 Å². The van der Waals surface area contributed by atoms with Crippen molar-refractivity contribution in [3.8, 4) is 11.5 Å². The van der Waals surface area contributed by atoms with Crippen LogP contribution in [0.3, 0.4) is 0 Å². The summed E-state index contributed by atoms with van der Waals surface area (Å²) in [7, 11) is 0. The standard InChI is InChI=1S/C22H27N5O5.2C2HF3O2/c23-21(24)15-1-2-18(28)19(11-15)32-13-16(12-20(29)30)26-22(31)14-5-9-27(10-6-14)17-3-7-25-8-4-17;2*3-2(4,5)1(6)7/h1-4,7-8,11,14,16,28H,5-6,9-10,12-13H2,(H3,23,24)(H,26,31)(H,29,30);2*(H,6,7)/t16-;;/m1../s1. The van der Waals surface area contributed by atoms with Gasteiger partial charge in [-0.1, -0.05) is 0 Å². The summed E-state index contributed by atoms with van der Waals surface area (Å²) in [5.74, 6) is -7.32. The molecule has 0 unspecified atom stereocenters. The first-order chi connectivity index (χ1) is 21.2. The Kier molecular flexibility index (Phi) is 14.5. The lowest BCUT2D eigenvalue weighted by Gasteiger charge is -2.33. The van der Waals surface area contributed by atoms with Gasteiger partial charge >= 0.3 is 30.3 Å². The minimum Gasteiger partial charge on any atom is -0.504 e. The molecule has 0 bridgehead atoms. The summed E-state index contributed by atoms with van der Waals surface area (Å²) in [5, 5.41) is 43.7. The SMILES string of the molecule is N=C(N)c1ccc(O)c(OC[C@@H](CC(=O)O)NC(=O)C2CCN(c3ccncc3)CC2)c1.O=C(O)C(F)(F)F.O=C(O)C(F)(F)F. The van der Waals surface area contributed by atoms with E-state index < -0.39 is 36.3 Å². The van der Waals surface area contributed by atoms with Crippen molar-refractivity contribution in [2.75, 3.05) is 24.6 Å². The van der Waals surface area contributed by atoms with Crippen LogP contribution in [0.15, 0.2) is 42.7 Å². The third kappa shape index (κ3) is 14.0. The Hall–Kier alpha value is -5.30. The van der Waals surface area contributed by atoms with Gasteiger partial charge in [0.25, 0.3) is 0 Å². The molecular weight excluding hydrogens is 640 g/mol. The molecule has 1 atom stereocenters. The van der Waals surface area contributed by atoms with E-state index in [0.29, 0.717) is 31.5 Å². The molecule has 1 saturated heterocycles. The molecule has 0 saturated carbocycles. The first-order valence-electron chi connectivity index (χ1n) is 12.8. The van der Waals surface area contributed by atoms with Crippen molar-refractivity contribution in [1.29, 1.82) is 5.41 Å². The molecule has 1 aromatic heterocycles. The van der Waals surface area contributed by atoms with E-state index in [1.54, 1.807) is 12.4 Å². The lowest BCUT2D eigenvalue weighted by atomic mass is 9.95. The maximum Gasteiger partial charge on any atom is 0.490 e. The second-order valence-corrected chi connectivity index (χ2v) is 9.28. The molecule has 0 spiro atoms. The van der Waals surface area contributed by atoms with Crippen molar-refractivity contribution < 1.29 is 70.7 Å². The number of carbonyl (C=O) groups excluding carboxylic acids is 1. The van der Waals surface area contributed by atoms with Gasteiger partial charge in [0, 0.05) is 42.7 Å². The van der Waals surface area contributed by atoms with Crippen molar-refractivity contribution >= 4 is 35.3 Å². The van der Waals surface area contributed by atoms with Crippen LogP contribution in [-0.4, -0.2) is 93.2 Å². The van der Waals surface area contributed by atoms with Gasteiger partial charge in [-0.05, 0) is 43.2 Å². The average molecular weight is 670 g/mol. The predicted molar refractivity (Wildman–Crippen MR) is 145 cm³/mol. The maximum absolute atomic E-state index is 12.8. The van der Waals surface area contributed by atoms with Gasteiger partial charge in [0.2, 0.25) is 5.91 Å². The van der Waals surface area contributed by atoms with Crippen LogP contribution in [0.25, 0.3) is 0 Å². The number of aromatic hydroxyl groups is 1. The Morgan fingerprint density at radius 3 is 1.91 bits per heavy atom. The van der Waals surface area contributed by atoms with Gasteiger partial charge in [-0.3, -0.25) is 20.0 Å². The molecule has 14 nitrogen and oxygen atoms in total. The van der Waals surface area contributed by atoms with E-state index in [-0.39, 0.29) is 42.2 Å². The zero-order chi connectivity index (χ0) is 35.2. The van der Waals surface area contributed by atoms with Gasteiger partial charge in [0.15, 0.2) is 11.5 Å².